The molecule has 3 rings (SSSR count). The zero-order valence-electron chi connectivity index (χ0n) is 12.9. The lowest BCUT2D eigenvalue weighted by Gasteiger charge is -2.02. The number of benzene rings is 2. The average molecular weight is 359 g/mol. The van der Waals surface area contributed by atoms with Gasteiger partial charge in [-0.05, 0) is 41.8 Å². The Kier molecular flexibility index (Phi) is 5.24. The average Bonchev–Trinajstić information content (AvgIpc) is 2.97. The van der Waals surface area contributed by atoms with Crippen LogP contribution < -0.4 is 5.32 Å². The largest absolute Gasteiger partial charge is 0.361 e. The van der Waals surface area contributed by atoms with Gasteiger partial charge in [0.05, 0.1) is 0 Å². The highest BCUT2D eigenvalue weighted by molar-refractivity contribution is 6.35. The van der Waals surface area contributed by atoms with Gasteiger partial charge in [-0.1, -0.05) is 47.5 Å². The number of hydrogen-bond donors (Lipinski definition) is 2. The summed E-state index contributed by atoms with van der Waals surface area (Å²) in [6.45, 7) is 0.569. The minimum atomic E-state index is -0.152. The van der Waals surface area contributed by atoms with Gasteiger partial charge in [-0.25, -0.2) is 0 Å². The van der Waals surface area contributed by atoms with E-state index in [0.717, 1.165) is 17.5 Å². The van der Waals surface area contributed by atoms with E-state index < -0.39 is 0 Å². The first-order valence-electron chi connectivity index (χ1n) is 7.59. The van der Waals surface area contributed by atoms with Crippen molar-refractivity contribution in [3.8, 4) is 0 Å². The van der Waals surface area contributed by atoms with E-state index in [1.165, 1.54) is 17.0 Å². The standard InChI is InChI=1S/C19H16Cl2N2O/c20-15-7-5-13(17(21)11-15)6-8-19(24)22-10-9-14-12-23-18-4-2-1-3-16(14)18/h1-8,11-12,23H,9-10H2,(H,22,24)/b8-6+. The number of fused-ring (bicyclic) bond motifs is 1. The van der Waals surface area contributed by atoms with Crippen LogP contribution in [0.4, 0.5) is 0 Å². The number of rotatable bonds is 5. The van der Waals surface area contributed by atoms with Crippen molar-refractivity contribution in [1.29, 1.82) is 0 Å². The molecule has 122 valence electrons. The maximum Gasteiger partial charge on any atom is 0.244 e. The predicted octanol–water partition coefficient (Wildman–Crippen LogP) is 4.85. The molecule has 0 fully saturated rings. The number of aromatic amines is 1. The van der Waals surface area contributed by atoms with Gasteiger partial charge in [0.25, 0.3) is 0 Å². The van der Waals surface area contributed by atoms with E-state index in [-0.39, 0.29) is 5.91 Å². The summed E-state index contributed by atoms with van der Waals surface area (Å²) in [5.41, 5.74) is 3.06. The maximum atomic E-state index is 11.9. The van der Waals surface area contributed by atoms with Crippen LogP contribution in [0.3, 0.4) is 0 Å². The monoisotopic (exact) mass is 358 g/mol. The van der Waals surface area contributed by atoms with E-state index in [1.807, 2.05) is 24.4 Å². The van der Waals surface area contributed by atoms with Crippen LogP contribution >= 0.6 is 23.2 Å². The molecule has 0 atom stereocenters. The number of carbonyl (C=O) groups excluding carboxylic acids is 1. The fourth-order valence-corrected chi connectivity index (χ4v) is 2.99. The Morgan fingerprint density at radius 2 is 2.00 bits per heavy atom. The molecule has 0 aliphatic carbocycles. The van der Waals surface area contributed by atoms with E-state index in [2.05, 4.69) is 16.4 Å². The van der Waals surface area contributed by atoms with Gasteiger partial charge in [0, 0.05) is 39.8 Å². The van der Waals surface area contributed by atoms with E-state index in [1.54, 1.807) is 24.3 Å². The number of hydrogen-bond acceptors (Lipinski definition) is 1. The number of para-hydroxylation sites is 1. The summed E-state index contributed by atoms with van der Waals surface area (Å²) in [6, 6.07) is 13.3. The highest BCUT2D eigenvalue weighted by Gasteiger charge is 2.03. The Morgan fingerprint density at radius 1 is 1.17 bits per heavy atom. The molecule has 0 spiro atoms. The van der Waals surface area contributed by atoms with Crippen molar-refractivity contribution < 1.29 is 4.79 Å². The van der Waals surface area contributed by atoms with Gasteiger partial charge >= 0.3 is 0 Å². The third-order valence-corrected chi connectivity index (χ3v) is 4.31. The lowest BCUT2D eigenvalue weighted by atomic mass is 10.1. The van der Waals surface area contributed by atoms with Gasteiger partial charge in [-0.3, -0.25) is 4.79 Å². The fraction of sp³-hybridized carbons (Fsp3) is 0.105. The molecule has 0 unspecified atom stereocenters. The molecule has 5 heteroatoms. The molecule has 0 radical (unpaired) electrons. The van der Waals surface area contributed by atoms with Crippen LogP contribution in [-0.4, -0.2) is 17.4 Å². The molecule has 0 saturated carbocycles. The SMILES string of the molecule is O=C(/C=C/c1ccc(Cl)cc1Cl)NCCc1c[nH]c2ccccc12. The van der Waals surface area contributed by atoms with Crippen molar-refractivity contribution in [2.24, 2.45) is 0 Å². The summed E-state index contributed by atoms with van der Waals surface area (Å²) in [7, 11) is 0. The third-order valence-electron chi connectivity index (χ3n) is 3.75. The highest BCUT2D eigenvalue weighted by atomic mass is 35.5. The molecule has 2 N–H and O–H groups in total. The van der Waals surface area contributed by atoms with Crippen molar-refractivity contribution in [3.05, 3.63) is 75.9 Å². The zero-order chi connectivity index (χ0) is 16.9. The number of aromatic nitrogens is 1. The summed E-state index contributed by atoms with van der Waals surface area (Å²) in [5, 5.41) is 5.16. The molecular formula is C19H16Cl2N2O. The summed E-state index contributed by atoms with van der Waals surface area (Å²) < 4.78 is 0. The number of H-pyrrole nitrogens is 1. The van der Waals surface area contributed by atoms with Gasteiger partial charge in [-0.2, -0.15) is 0 Å². The minimum Gasteiger partial charge on any atom is -0.361 e. The van der Waals surface area contributed by atoms with E-state index in [0.29, 0.717) is 16.6 Å². The molecule has 3 aromatic rings. The van der Waals surface area contributed by atoms with E-state index >= 15 is 0 Å². The van der Waals surface area contributed by atoms with E-state index in [4.69, 9.17) is 23.2 Å². The topological polar surface area (TPSA) is 44.9 Å². The Balaban J connectivity index is 1.55. The number of halogens is 2. The quantitative estimate of drug-likeness (QED) is 0.629. The molecule has 1 heterocycles. The molecule has 2 aromatic carbocycles. The molecule has 3 nitrogen and oxygen atoms in total. The summed E-state index contributed by atoms with van der Waals surface area (Å²) >= 11 is 11.9. The Morgan fingerprint density at radius 3 is 2.83 bits per heavy atom. The Bertz CT molecular complexity index is 899. The van der Waals surface area contributed by atoms with Crippen LogP contribution in [0.1, 0.15) is 11.1 Å². The zero-order valence-corrected chi connectivity index (χ0v) is 14.4. The molecular weight excluding hydrogens is 343 g/mol. The lowest BCUT2D eigenvalue weighted by Crippen LogP contribution is -2.23. The lowest BCUT2D eigenvalue weighted by molar-refractivity contribution is -0.116. The van der Waals surface area contributed by atoms with Crippen molar-refractivity contribution in [2.75, 3.05) is 6.54 Å². The molecule has 1 aromatic heterocycles. The van der Waals surface area contributed by atoms with Crippen molar-refractivity contribution >= 4 is 46.1 Å². The van der Waals surface area contributed by atoms with Crippen molar-refractivity contribution in [3.63, 3.8) is 0 Å². The first kappa shape index (κ1) is 16.6. The second-order valence-electron chi connectivity index (χ2n) is 5.40. The molecule has 1 amide bonds. The predicted molar refractivity (Wildman–Crippen MR) is 101 cm³/mol. The van der Waals surface area contributed by atoms with Gasteiger partial charge in [-0.15, -0.1) is 0 Å². The van der Waals surface area contributed by atoms with Gasteiger partial charge in [0.2, 0.25) is 5.91 Å². The second-order valence-corrected chi connectivity index (χ2v) is 6.24. The van der Waals surface area contributed by atoms with Crippen molar-refractivity contribution in [2.45, 2.75) is 6.42 Å². The normalized spacial score (nSPS) is 11.2. The van der Waals surface area contributed by atoms with Crippen molar-refractivity contribution in [1.82, 2.24) is 10.3 Å². The first-order valence-corrected chi connectivity index (χ1v) is 8.35. The van der Waals surface area contributed by atoms with E-state index in [9.17, 15) is 4.79 Å². The van der Waals surface area contributed by atoms with Gasteiger partial charge < -0.3 is 10.3 Å². The van der Waals surface area contributed by atoms with Gasteiger partial charge in [0.1, 0.15) is 0 Å². The fourth-order valence-electron chi connectivity index (χ4n) is 2.52. The van der Waals surface area contributed by atoms with Crippen LogP contribution in [0.25, 0.3) is 17.0 Å². The van der Waals surface area contributed by atoms with Crippen LogP contribution in [-0.2, 0) is 11.2 Å². The van der Waals surface area contributed by atoms with Crippen LogP contribution in [0, 0.1) is 0 Å². The Hall–Kier alpha value is -2.23. The smallest absolute Gasteiger partial charge is 0.244 e. The number of carbonyl (C=O) groups is 1. The van der Waals surface area contributed by atoms with Crippen LogP contribution in [0.2, 0.25) is 10.0 Å². The molecule has 0 aliphatic heterocycles. The highest BCUT2D eigenvalue weighted by Crippen LogP contribution is 2.22. The molecule has 0 saturated heterocycles. The summed E-state index contributed by atoms with van der Waals surface area (Å²) in [5.74, 6) is -0.152. The molecule has 0 bridgehead atoms. The third kappa shape index (κ3) is 3.99. The van der Waals surface area contributed by atoms with Gasteiger partial charge in [0.15, 0.2) is 0 Å². The van der Waals surface area contributed by atoms with Crippen LogP contribution in [0.5, 0.6) is 0 Å². The molecule has 24 heavy (non-hydrogen) atoms. The number of amides is 1. The second kappa shape index (κ2) is 7.56. The summed E-state index contributed by atoms with van der Waals surface area (Å²) in [4.78, 5) is 15.1. The molecule has 0 aliphatic rings. The van der Waals surface area contributed by atoms with Crippen LogP contribution in [0.15, 0.2) is 54.7 Å². The minimum absolute atomic E-state index is 0.152. The number of nitrogens with one attached hydrogen (secondary N) is 2. The maximum absolute atomic E-state index is 11.9. The summed E-state index contributed by atoms with van der Waals surface area (Å²) in [6.07, 6.45) is 5.91. The Labute approximate surface area is 150 Å². The first-order chi connectivity index (χ1) is 11.6.